The molecule has 0 radical (unpaired) electrons. The fourth-order valence-corrected chi connectivity index (χ4v) is 4.85. The lowest BCUT2D eigenvalue weighted by molar-refractivity contribution is -0.140. The van der Waals surface area contributed by atoms with Gasteiger partial charge in [0.2, 0.25) is 0 Å². The minimum atomic E-state index is -0.781. The topological polar surface area (TPSA) is 97.8 Å². The van der Waals surface area contributed by atoms with Crippen molar-refractivity contribution in [2.24, 2.45) is 0 Å². The van der Waals surface area contributed by atoms with Gasteiger partial charge in [0, 0.05) is 31.7 Å². The zero-order valence-electron chi connectivity index (χ0n) is 23.0. The lowest BCUT2D eigenvalue weighted by atomic mass is 9.95. The van der Waals surface area contributed by atoms with Crippen molar-refractivity contribution in [3.63, 3.8) is 0 Å². The first-order chi connectivity index (χ1) is 19.0. The van der Waals surface area contributed by atoms with Gasteiger partial charge in [-0.1, -0.05) is 13.0 Å². The molecule has 2 saturated heterocycles. The Balaban J connectivity index is 1.74. The van der Waals surface area contributed by atoms with E-state index in [0.29, 0.717) is 74.5 Å². The van der Waals surface area contributed by atoms with Crippen LogP contribution in [0.1, 0.15) is 44.4 Å². The largest absolute Gasteiger partial charge is 0.507 e. The number of likely N-dealkylation sites (tertiary alicyclic amines) is 1. The van der Waals surface area contributed by atoms with E-state index in [2.05, 4.69) is 4.90 Å². The zero-order valence-corrected chi connectivity index (χ0v) is 23.0. The molecule has 2 aromatic rings. The summed E-state index contributed by atoms with van der Waals surface area (Å²) in [7, 11) is 0. The van der Waals surface area contributed by atoms with Crippen LogP contribution in [-0.2, 0) is 14.3 Å². The van der Waals surface area contributed by atoms with Crippen LogP contribution in [0, 0.1) is 0 Å². The second-order valence-electron chi connectivity index (χ2n) is 9.39. The quantitative estimate of drug-likeness (QED) is 0.246. The Kier molecular flexibility index (Phi) is 9.84. The fourth-order valence-electron chi connectivity index (χ4n) is 4.85. The van der Waals surface area contributed by atoms with Crippen molar-refractivity contribution in [2.75, 3.05) is 59.2 Å². The van der Waals surface area contributed by atoms with Gasteiger partial charge < -0.3 is 29.0 Å². The van der Waals surface area contributed by atoms with Crippen molar-refractivity contribution < 1.29 is 33.6 Å². The van der Waals surface area contributed by atoms with Crippen LogP contribution in [0.4, 0.5) is 0 Å². The summed E-state index contributed by atoms with van der Waals surface area (Å²) in [6.45, 7) is 11.0. The molecule has 1 amide bonds. The van der Waals surface area contributed by atoms with Crippen LogP contribution in [0.5, 0.6) is 17.2 Å². The molecule has 2 aromatic carbocycles. The Bertz CT molecular complexity index is 1170. The lowest BCUT2D eigenvalue weighted by Crippen LogP contribution is -2.42. The van der Waals surface area contributed by atoms with E-state index in [1.54, 1.807) is 41.3 Å². The Morgan fingerprint density at radius 1 is 0.923 bits per heavy atom. The fraction of sp³-hybridized carbons (Fsp3) is 0.467. The number of hydrogen-bond donors (Lipinski definition) is 1. The molecule has 2 aliphatic rings. The van der Waals surface area contributed by atoms with E-state index in [4.69, 9.17) is 18.9 Å². The van der Waals surface area contributed by atoms with E-state index in [-0.39, 0.29) is 11.3 Å². The summed E-state index contributed by atoms with van der Waals surface area (Å²) in [5.74, 6) is 0.205. The van der Waals surface area contributed by atoms with Crippen molar-refractivity contribution in [2.45, 2.75) is 33.2 Å². The number of aliphatic hydroxyl groups is 1. The number of carbonyl (C=O) groups is 2. The monoisotopic (exact) mass is 538 g/mol. The molecule has 1 N–H and O–H groups in total. The smallest absolute Gasteiger partial charge is 0.295 e. The molecule has 0 spiro atoms. The van der Waals surface area contributed by atoms with E-state index in [0.717, 1.165) is 19.5 Å². The molecule has 210 valence electrons. The molecule has 9 nitrogen and oxygen atoms in total. The molecule has 1 atom stereocenters. The van der Waals surface area contributed by atoms with E-state index in [1.807, 2.05) is 26.8 Å². The Labute approximate surface area is 229 Å². The van der Waals surface area contributed by atoms with Crippen molar-refractivity contribution in [3.05, 3.63) is 59.2 Å². The number of aliphatic hydroxyl groups excluding tert-OH is 1. The van der Waals surface area contributed by atoms with Gasteiger partial charge in [-0.05, 0) is 62.2 Å². The van der Waals surface area contributed by atoms with Gasteiger partial charge in [-0.15, -0.1) is 0 Å². The first-order valence-electron chi connectivity index (χ1n) is 13.7. The molecule has 0 bridgehead atoms. The number of nitrogens with zero attached hydrogens (tertiary/aromatic N) is 2. The molecular formula is C30H38N2O7. The number of Topliss-reactive ketones (excluding diaryl/α,β-unsaturated/α-hetero) is 1. The van der Waals surface area contributed by atoms with Gasteiger partial charge in [0.15, 0.2) is 11.5 Å². The van der Waals surface area contributed by atoms with Crippen molar-refractivity contribution in [1.29, 1.82) is 0 Å². The molecule has 2 aliphatic heterocycles. The highest BCUT2D eigenvalue weighted by Gasteiger charge is 2.46. The summed E-state index contributed by atoms with van der Waals surface area (Å²) in [6.07, 6.45) is 0.876. The summed E-state index contributed by atoms with van der Waals surface area (Å²) >= 11 is 0. The van der Waals surface area contributed by atoms with E-state index in [1.165, 1.54) is 0 Å². The molecule has 39 heavy (non-hydrogen) atoms. The van der Waals surface area contributed by atoms with Crippen molar-refractivity contribution in [3.8, 4) is 17.2 Å². The van der Waals surface area contributed by atoms with Gasteiger partial charge in [0.05, 0.1) is 44.6 Å². The number of ether oxygens (including phenoxy) is 4. The second-order valence-corrected chi connectivity index (χ2v) is 9.39. The Morgan fingerprint density at radius 3 is 2.28 bits per heavy atom. The first kappa shape index (κ1) is 28.4. The Morgan fingerprint density at radius 2 is 1.62 bits per heavy atom. The summed E-state index contributed by atoms with van der Waals surface area (Å²) < 4.78 is 22.6. The van der Waals surface area contributed by atoms with Crippen LogP contribution in [0.15, 0.2) is 48.0 Å². The molecule has 0 aromatic heterocycles. The maximum Gasteiger partial charge on any atom is 0.295 e. The highest BCUT2D eigenvalue weighted by atomic mass is 16.5. The summed E-state index contributed by atoms with van der Waals surface area (Å²) in [5, 5.41) is 11.4. The van der Waals surface area contributed by atoms with Crippen LogP contribution in [0.3, 0.4) is 0 Å². The zero-order chi connectivity index (χ0) is 27.8. The van der Waals surface area contributed by atoms with Crippen LogP contribution >= 0.6 is 0 Å². The van der Waals surface area contributed by atoms with Gasteiger partial charge in [-0.2, -0.15) is 0 Å². The Hall–Kier alpha value is -3.56. The van der Waals surface area contributed by atoms with E-state index in [9.17, 15) is 14.7 Å². The number of hydrogen-bond acceptors (Lipinski definition) is 8. The van der Waals surface area contributed by atoms with Crippen molar-refractivity contribution in [1.82, 2.24) is 9.80 Å². The minimum absolute atomic E-state index is 0.0517. The standard InChI is InChI=1S/C30H38N2O7/c1-4-17-39-23-10-7-21(8-11-23)28(33)26-27(22-9-12-24(37-5-2)25(20-22)38-6-3)32(30(35)29(26)34)14-13-31-15-18-36-19-16-31/h7-12,20,27,33H,4-6,13-19H2,1-3H3/b28-26+. The number of morpholine rings is 1. The average molecular weight is 539 g/mol. The highest BCUT2D eigenvalue weighted by molar-refractivity contribution is 6.46. The molecule has 2 fully saturated rings. The van der Waals surface area contributed by atoms with Gasteiger partial charge in [0.25, 0.3) is 11.7 Å². The predicted molar refractivity (Wildman–Crippen MR) is 147 cm³/mol. The van der Waals surface area contributed by atoms with Crippen LogP contribution < -0.4 is 14.2 Å². The first-order valence-corrected chi connectivity index (χ1v) is 13.7. The summed E-state index contributed by atoms with van der Waals surface area (Å²) in [6, 6.07) is 11.5. The maximum atomic E-state index is 13.4. The molecule has 1 unspecified atom stereocenters. The van der Waals surface area contributed by atoms with E-state index >= 15 is 0 Å². The van der Waals surface area contributed by atoms with Gasteiger partial charge in [0.1, 0.15) is 11.5 Å². The van der Waals surface area contributed by atoms with Crippen LogP contribution in [0.25, 0.3) is 5.76 Å². The van der Waals surface area contributed by atoms with Gasteiger partial charge in [-0.25, -0.2) is 0 Å². The summed E-state index contributed by atoms with van der Waals surface area (Å²) in [4.78, 5) is 30.6. The molecule has 0 aliphatic carbocycles. The van der Waals surface area contributed by atoms with Gasteiger partial charge >= 0.3 is 0 Å². The lowest BCUT2D eigenvalue weighted by Gasteiger charge is -2.31. The average Bonchev–Trinajstić information content (AvgIpc) is 3.21. The molecule has 9 heteroatoms. The van der Waals surface area contributed by atoms with Crippen LogP contribution in [0.2, 0.25) is 0 Å². The third kappa shape index (κ3) is 6.54. The molecule has 4 rings (SSSR count). The number of rotatable bonds is 12. The molecular weight excluding hydrogens is 500 g/mol. The molecule has 2 heterocycles. The van der Waals surface area contributed by atoms with E-state index < -0.39 is 17.7 Å². The maximum absolute atomic E-state index is 13.4. The van der Waals surface area contributed by atoms with Crippen molar-refractivity contribution >= 4 is 17.4 Å². The predicted octanol–water partition coefficient (Wildman–Crippen LogP) is 4.03. The SMILES string of the molecule is CCCOc1ccc(/C(O)=C2\C(=O)C(=O)N(CCN3CCOCC3)C2c2ccc(OCC)c(OCC)c2)cc1. The normalized spacial score (nSPS) is 19.4. The number of benzene rings is 2. The number of carbonyl (C=O) groups excluding carboxylic acids is 2. The third-order valence-corrected chi connectivity index (χ3v) is 6.78. The highest BCUT2D eigenvalue weighted by Crippen LogP contribution is 2.42. The minimum Gasteiger partial charge on any atom is -0.507 e. The van der Waals surface area contributed by atoms with Gasteiger partial charge in [-0.3, -0.25) is 14.5 Å². The third-order valence-electron chi connectivity index (χ3n) is 6.78. The number of amides is 1. The molecule has 0 saturated carbocycles. The summed E-state index contributed by atoms with van der Waals surface area (Å²) in [5.41, 5.74) is 1.15. The van der Waals surface area contributed by atoms with Crippen LogP contribution in [-0.4, -0.2) is 85.8 Å². The second kappa shape index (κ2) is 13.5. The number of ketones is 1.